The lowest BCUT2D eigenvalue weighted by Gasteiger charge is -2.20. The van der Waals surface area contributed by atoms with Gasteiger partial charge in [-0.05, 0) is 45.5 Å². The van der Waals surface area contributed by atoms with Crippen LogP contribution in [-0.4, -0.2) is 31.3 Å². The summed E-state index contributed by atoms with van der Waals surface area (Å²) < 4.78 is 0. The van der Waals surface area contributed by atoms with Crippen molar-refractivity contribution in [1.29, 1.82) is 0 Å². The van der Waals surface area contributed by atoms with Crippen molar-refractivity contribution >= 4 is 5.78 Å². The van der Waals surface area contributed by atoms with Crippen LogP contribution in [0.3, 0.4) is 0 Å². The summed E-state index contributed by atoms with van der Waals surface area (Å²) in [7, 11) is 4.21. The summed E-state index contributed by atoms with van der Waals surface area (Å²) >= 11 is 0. The molecule has 16 heavy (non-hydrogen) atoms. The maximum atomic E-state index is 11.4. The molecule has 2 rings (SSSR count). The summed E-state index contributed by atoms with van der Waals surface area (Å²) in [5.74, 6) is 0.155. The van der Waals surface area contributed by atoms with Crippen LogP contribution >= 0.6 is 0 Å². The molecule has 86 valence electrons. The van der Waals surface area contributed by atoms with E-state index in [0.717, 1.165) is 12.1 Å². The molecule has 1 aliphatic carbocycles. The molecule has 0 aromatic heterocycles. The third kappa shape index (κ3) is 2.17. The van der Waals surface area contributed by atoms with Crippen LogP contribution in [0.2, 0.25) is 0 Å². The number of rotatable bonds is 4. The number of hydrogen-bond acceptors (Lipinski definition) is 2. The van der Waals surface area contributed by atoms with Gasteiger partial charge in [0.25, 0.3) is 0 Å². The first kappa shape index (κ1) is 11.3. The van der Waals surface area contributed by atoms with E-state index in [-0.39, 0.29) is 5.78 Å². The smallest absolute Gasteiger partial charge is 0.159 e. The predicted molar refractivity (Wildman–Crippen MR) is 65.9 cm³/mol. The summed E-state index contributed by atoms with van der Waals surface area (Å²) in [5, 5.41) is 0. The molecule has 0 spiro atoms. The molecular weight excluding hydrogens is 198 g/mol. The fourth-order valence-corrected chi connectivity index (χ4v) is 2.36. The molecule has 0 heterocycles. The second-order valence-electron chi connectivity index (χ2n) is 5.16. The summed E-state index contributed by atoms with van der Waals surface area (Å²) in [4.78, 5) is 13.6. The maximum absolute atomic E-state index is 11.4. The van der Waals surface area contributed by atoms with Gasteiger partial charge < -0.3 is 4.90 Å². The van der Waals surface area contributed by atoms with Crippen LogP contribution in [0.25, 0.3) is 0 Å². The summed E-state index contributed by atoms with van der Waals surface area (Å²) in [6.07, 6.45) is 2.49. The van der Waals surface area contributed by atoms with Crippen LogP contribution in [0.4, 0.5) is 0 Å². The minimum Gasteiger partial charge on any atom is -0.309 e. The Morgan fingerprint density at radius 1 is 1.38 bits per heavy atom. The van der Waals surface area contributed by atoms with Crippen LogP contribution in [-0.2, 0) is 5.41 Å². The number of ketones is 1. The third-order valence-corrected chi connectivity index (χ3v) is 3.35. The van der Waals surface area contributed by atoms with E-state index >= 15 is 0 Å². The summed E-state index contributed by atoms with van der Waals surface area (Å²) in [6, 6.07) is 8.13. The van der Waals surface area contributed by atoms with Crippen LogP contribution in [0, 0.1) is 0 Å². The second-order valence-corrected chi connectivity index (χ2v) is 5.16. The zero-order chi connectivity index (χ0) is 11.8. The van der Waals surface area contributed by atoms with Gasteiger partial charge in [0.2, 0.25) is 0 Å². The number of likely N-dealkylation sites (N-methyl/N-ethyl adjacent to an activating group) is 1. The molecule has 0 amide bonds. The minimum absolute atomic E-state index is 0.155. The lowest BCUT2D eigenvalue weighted by atomic mass is 9.93. The largest absolute Gasteiger partial charge is 0.309 e. The molecule has 0 atom stereocenters. The molecule has 0 unspecified atom stereocenters. The van der Waals surface area contributed by atoms with Gasteiger partial charge in [0, 0.05) is 17.5 Å². The number of nitrogens with zero attached hydrogens (tertiary/aromatic N) is 1. The Labute approximate surface area is 97.3 Å². The quantitative estimate of drug-likeness (QED) is 0.722. The molecule has 0 radical (unpaired) electrons. The first-order valence-electron chi connectivity index (χ1n) is 5.80. The van der Waals surface area contributed by atoms with Crippen molar-refractivity contribution in [2.24, 2.45) is 0 Å². The Bertz CT molecular complexity index is 405. The topological polar surface area (TPSA) is 20.3 Å². The first-order chi connectivity index (χ1) is 7.53. The lowest BCUT2D eigenvalue weighted by Crippen LogP contribution is -2.26. The number of benzene rings is 1. The van der Waals surface area contributed by atoms with Gasteiger partial charge in [-0.3, -0.25) is 4.79 Å². The van der Waals surface area contributed by atoms with Crippen LogP contribution < -0.4 is 0 Å². The van der Waals surface area contributed by atoms with Crippen molar-refractivity contribution in [2.45, 2.75) is 25.2 Å². The van der Waals surface area contributed by atoms with E-state index in [1.54, 1.807) is 6.92 Å². The highest BCUT2D eigenvalue weighted by Crippen LogP contribution is 2.48. The number of carbonyl (C=O) groups is 1. The highest BCUT2D eigenvalue weighted by atomic mass is 16.1. The minimum atomic E-state index is 0.155. The van der Waals surface area contributed by atoms with Gasteiger partial charge >= 0.3 is 0 Å². The third-order valence-electron chi connectivity index (χ3n) is 3.35. The lowest BCUT2D eigenvalue weighted by molar-refractivity contribution is 0.101. The number of hydrogen-bond donors (Lipinski definition) is 0. The number of Topliss-reactive ketones (excluding diaryl/α,β-unsaturated/α-hetero) is 1. The number of carbonyl (C=O) groups excluding carboxylic acids is 1. The highest BCUT2D eigenvalue weighted by molar-refractivity contribution is 5.94. The fourth-order valence-electron chi connectivity index (χ4n) is 2.36. The van der Waals surface area contributed by atoms with Gasteiger partial charge in [0.15, 0.2) is 5.78 Å². The van der Waals surface area contributed by atoms with E-state index in [1.807, 2.05) is 12.1 Å². The van der Waals surface area contributed by atoms with E-state index < -0.39 is 0 Å². The molecule has 0 saturated heterocycles. The Hall–Kier alpha value is -1.15. The van der Waals surface area contributed by atoms with Gasteiger partial charge in [0.05, 0.1) is 0 Å². The average molecular weight is 217 g/mol. The van der Waals surface area contributed by atoms with E-state index in [4.69, 9.17) is 0 Å². The summed E-state index contributed by atoms with van der Waals surface area (Å²) in [6.45, 7) is 2.71. The molecule has 1 aliphatic rings. The van der Waals surface area contributed by atoms with E-state index in [0.29, 0.717) is 5.41 Å². The normalized spacial score (nSPS) is 17.5. The van der Waals surface area contributed by atoms with Crippen molar-refractivity contribution in [3.05, 3.63) is 35.4 Å². The van der Waals surface area contributed by atoms with Gasteiger partial charge in [-0.1, -0.05) is 18.2 Å². The Morgan fingerprint density at radius 2 is 2.06 bits per heavy atom. The Morgan fingerprint density at radius 3 is 2.56 bits per heavy atom. The molecule has 2 nitrogen and oxygen atoms in total. The van der Waals surface area contributed by atoms with Crippen molar-refractivity contribution < 1.29 is 4.79 Å². The highest BCUT2D eigenvalue weighted by Gasteiger charge is 2.44. The molecule has 2 heteroatoms. The zero-order valence-corrected chi connectivity index (χ0v) is 10.3. The molecule has 0 N–H and O–H groups in total. The van der Waals surface area contributed by atoms with Crippen molar-refractivity contribution in [3.8, 4) is 0 Å². The second kappa shape index (κ2) is 4.02. The molecule has 0 bridgehead atoms. The predicted octanol–water partition coefficient (Wildman–Crippen LogP) is 2.48. The van der Waals surface area contributed by atoms with Crippen LogP contribution in [0.5, 0.6) is 0 Å². The average Bonchev–Trinajstić information content (AvgIpc) is 2.98. The monoisotopic (exact) mass is 217 g/mol. The van der Waals surface area contributed by atoms with E-state index in [9.17, 15) is 4.79 Å². The van der Waals surface area contributed by atoms with Gasteiger partial charge in [-0.15, -0.1) is 0 Å². The fraction of sp³-hybridized carbons (Fsp3) is 0.500. The van der Waals surface area contributed by atoms with E-state index in [2.05, 4.69) is 31.1 Å². The van der Waals surface area contributed by atoms with Crippen molar-refractivity contribution in [1.82, 2.24) is 4.90 Å². The molecule has 1 aromatic rings. The maximum Gasteiger partial charge on any atom is 0.159 e. The van der Waals surface area contributed by atoms with Gasteiger partial charge in [-0.25, -0.2) is 0 Å². The molecule has 1 fully saturated rings. The van der Waals surface area contributed by atoms with Crippen molar-refractivity contribution in [3.63, 3.8) is 0 Å². The molecule has 1 saturated carbocycles. The molecule has 0 aliphatic heterocycles. The van der Waals surface area contributed by atoms with Crippen LogP contribution in [0.1, 0.15) is 35.7 Å². The van der Waals surface area contributed by atoms with E-state index in [1.165, 1.54) is 18.4 Å². The SMILES string of the molecule is CC(=O)c1cccc(C2(CN(C)C)CC2)c1. The van der Waals surface area contributed by atoms with Crippen molar-refractivity contribution in [2.75, 3.05) is 20.6 Å². The Balaban J connectivity index is 2.27. The zero-order valence-electron chi connectivity index (χ0n) is 10.3. The Kier molecular flexibility index (Phi) is 2.85. The first-order valence-corrected chi connectivity index (χ1v) is 5.80. The standard InChI is InChI=1S/C14H19NO/c1-11(16)12-5-4-6-13(9-12)14(7-8-14)10-15(2)3/h4-6,9H,7-8,10H2,1-3H3. The molecule has 1 aromatic carbocycles. The molecular formula is C14H19NO. The van der Waals surface area contributed by atoms with Gasteiger partial charge in [-0.2, -0.15) is 0 Å². The van der Waals surface area contributed by atoms with Crippen LogP contribution in [0.15, 0.2) is 24.3 Å². The summed E-state index contributed by atoms with van der Waals surface area (Å²) in [5.41, 5.74) is 2.48. The van der Waals surface area contributed by atoms with Gasteiger partial charge in [0.1, 0.15) is 0 Å².